The van der Waals surface area contributed by atoms with E-state index in [-0.39, 0.29) is 18.2 Å². The largest absolute Gasteiger partial charge is 0.497 e. The highest BCUT2D eigenvalue weighted by Crippen LogP contribution is 2.22. The first-order valence-electron chi connectivity index (χ1n) is 9.15. The number of nitrogens with one attached hydrogen (secondary N) is 1. The molecule has 2 aromatic carbocycles. The molecule has 2 aromatic rings. The summed E-state index contributed by atoms with van der Waals surface area (Å²) >= 11 is 11.3. The van der Waals surface area contributed by atoms with Crippen molar-refractivity contribution in [2.45, 2.75) is 18.9 Å². The lowest BCUT2D eigenvalue weighted by Crippen LogP contribution is -2.39. The summed E-state index contributed by atoms with van der Waals surface area (Å²) in [7, 11) is 3.26. The van der Waals surface area contributed by atoms with Crippen molar-refractivity contribution in [3.8, 4) is 5.75 Å². The summed E-state index contributed by atoms with van der Waals surface area (Å²) in [6.45, 7) is 0.529. The van der Waals surface area contributed by atoms with E-state index >= 15 is 0 Å². The van der Waals surface area contributed by atoms with Crippen LogP contribution in [0.15, 0.2) is 48.5 Å². The molecule has 6 nitrogen and oxygen atoms in total. The maximum atomic E-state index is 12.6. The number of likely N-dealkylation sites (N-methyl/N-ethyl adjacent to an activating group) is 1. The van der Waals surface area contributed by atoms with E-state index in [1.54, 1.807) is 38.4 Å². The van der Waals surface area contributed by atoms with Crippen LogP contribution in [-0.4, -0.2) is 53.5 Å². The first-order valence-corrected chi connectivity index (χ1v) is 9.94. The Morgan fingerprint density at radius 3 is 2.66 bits per heavy atom. The quantitative estimate of drug-likeness (QED) is 0.681. The molecule has 1 heterocycles. The van der Waals surface area contributed by atoms with Crippen LogP contribution in [-0.2, 0) is 16.0 Å². The standard InChI is InChI=1S/C21H22ClN3O3S/c1-24-20(27)18(13-19(26)23-16-8-6-15(22)7-9-16)25(21(24)29)11-10-14-4-3-5-17(12-14)28-2/h3-9,12,18H,10-11,13H2,1-2H3,(H,23,26). The van der Waals surface area contributed by atoms with E-state index in [1.807, 2.05) is 29.2 Å². The molecule has 0 aromatic heterocycles. The van der Waals surface area contributed by atoms with E-state index in [2.05, 4.69) is 5.32 Å². The Bertz CT molecular complexity index is 920. The molecule has 1 atom stereocenters. The van der Waals surface area contributed by atoms with Crippen molar-refractivity contribution in [3.63, 3.8) is 0 Å². The van der Waals surface area contributed by atoms with Crippen molar-refractivity contribution in [1.29, 1.82) is 0 Å². The van der Waals surface area contributed by atoms with Crippen LogP contribution in [0.25, 0.3) is 0 Å². The van der Waals surface area contributed by atoms with Crippen molar-refractivity contribution in [2.75, 3.05) is 26.0 Å². The van der Waals surface area contributed by atoms with E-state index in [0.29, 0.717) is 28.8 Å². The number of ether oxygens (including phenoxy) is 1. The zero-order chi connectivity index (χ0) is 21.0. The first-order chi connectivity index (χ1) is 13.9. The number of carbonyl (C=O) groups excluding carboxylic acids is 2. The maximum Gasteiger partial charge on any atom is 0.251 e. The van der Waals surface area contributed by atoms with Gasteiger partial charge in [-0.05, 0) is 60.6 Å². The van der Waals surface area contributed by atoms with Gasteiger partial charge in [-0.15, -0.1) is 0 Å². The van der Waals surface area contributed by atoms with Crippen LogP contribution < -0.4 is 10.1 Å². The predicted octanol–water partition coefficient (Wildman–Crippen LogP) is 3.35. The van der Waals surface area contributed by atoms with E-state index in [0.717, 1.165) is 11.3 Å². The molecule has 1 aliphatic rings. The van der Waals surface area contributed by atoms with Gasteiger partial charge in [0.05, 0.1) is 13.5 Å². The van der Waals surface area contributed by atoms with Gasteiger partial charge in [-0.25, -0.2) is 0 Å². The van der Waals surface area contributed by atoms with Crippen molar-refractivity contribution in [3.05, 3.63) is 59.1 Å². The third-order valence-corrected chi connectivity index (χ3v) is 5.57. The number of carbonyl (C=O) groups is 2. The van der Waals surface area contributed by atoms with Crippen molar-refractivity contribution in [2.24, 2.45) is 0 Å². The summed E-state index contributed by atoms with van der Waals surface area (Å²) in [4.78, 5) is 28.4. The van der Waals surface area contributed by atoms with Gasteiger partial charge in [-0.1, -0.05) is 23.7 Å². The number of hydrogen-bond acceptors (Lipinski definition) is 4. The summed E-state index contributed by atoms with van der Waals surface area (Å²) in [5, 5.41) is 3.82. The third kappa shape index (κ3) is 5.05. The van der Waals surface area contributed by atoms with Crippen molar-refractivity contribution >= 4 is 46.4 Å². The number of hydrogen-bond donors (Lipinski definition) is 1. The lowest BCUT2D eigenvalue weighted by molar-refractivity contribution is -0.130. The molecule has 1 N–H and O–H groups in total. The molecule has 1 aliphatic heterocycles. The molecule has 1 unspecified atom stereocenters. The SMILES string of the molecule is COc1cccc(CCN2C(=S)N(C)C(=O)C2CC(=O)Nc2ccc(Cl)cc2)c1. The van der Waals surface area contributed by atoms with Gasteiger partial charge in [0.25, 0.3) is 5.91 Å². The zero-order valence-electron chi connectivity index (χ0n) is 16.2. The molecule has 0 aliphatic carbocycles. The third-order valence-electron chi connectivity index (χ3n) is 4.81. The average molecular weight is 432 g/mol. The normalized spacial score (nSPS) is 16.3. The monoisotopic (exact) mass is 431 g/mol. The van der Waals surface area contributed by atoms with Gasteiger partial charge < -0.3 is 15.0 Å². The summed E-state index contributed by atoms with van der Waals surface area (Å²) < 4.78 is 5.26. The number of benzene rings is 2. The number of rotatable bonds is 7. The van der Waals surface area contributed by atoms with Gasteiger partial charge in [0, 0.05) is 24.3 Å². The summed E-state index contributed by atoms with van der Waals surface area (Å²) in [5.41, 5.74) is 1.70. The molecule has 0 radical (unpaired) electrons. The smallest absolute Gasteiger partial charge is 0.251 e. The lowest BCUT2D eigenvalue weighted by atomic mass is 10.1. The molecular formula is C21H22ClN3O3S. The number of nitrogens with zero attached hydrogens (tertiary/aromatic N) is 2. The fraction of sp³-hybridized carbons (Fsp3) is 0.286. The topological polar surface area (TPSA) is 61.9 Å². The molecule has 152 valence electrons. The van der Waals surface area contributed by atoms with Gasteiger partial charge >= 0.3 is 0 Å². The average Bonchev–Trinajstić information content (AvgIpc) is 2.92. The van der Waals surface area contributed by atoms with Gasteiger partial charge in [0.2, 0.25) is 5.91 Å². The van der Waals surface area contributed by atoms with Gasteiger partial charge in [-0.2, -0.15) is 0 Å². The molecule has 0 saturated carbocycles. The second kappa shape index (κ2) is 9.24. The van der Waals surface area contributed by atoms with E-state index < -0.39 is 6.04 Å². The Labute approximate surface area is 180 Å². The first kappa shape index (κ1) is 21.1. The minimum absolute atomic E-state index is 0.0179. The number of anilines is 1. The van der Waals surface area contributed by atoms with Crippen LogP contribution >= 0.6 is 23.8 Å². The summed E-state index contributed by atoms with van der Waals surface area (Å²) in [5.74, 6) is 0.348. The van der Waals surface area contributed by atoms with E-state index in [4.69, 9.17) is 28.6 Å². The summed E-state index contributed by atoms with van der Waals surface area (Å²) in [6.07, 6.45) is 0.692. The molecule has 0 spiro atoms. The van der Waals surface area contributed by atoms with Crippen LogP contribution in [0.2, 0.25) is 5.02 Å². The van der Waals surface area contributed by atoms with Gasteiger partial charge in [-0.3, -0.25) is 14.5 Å². The Morgan fingerprint density at radius 1 is 1.24 bits per heavy atom. The Morgan fingerprint density at radius 2 is 1.97 bits per heavy atom. The van der Waals surface area contributed by atoms with Crippen LogP contribution in [0.5, 0.6) is 5.75 Å². The predicted molar refractivity (Wildman–Crippen MR) is 117 cm³/mol. The number of thiocarbonyl (C=S) groups is 1. The Kier molecular flexibility index (Phi) is 6.71. The highest BCUT2D eigenvalue weighted by Gasteiger charge is 2.41. The maximum absolute atomic E-state index is 12.6. The zero-order valence-corrected chi connectivity index (χ0v) is 17.8. The van der Waals surface area contributed by atoms with Gasteiger partial charge in [0.15, 0.2) is 5.11 Å². The molecule has 8 heteroatoms. The minimum atomic E-state index is -0.620. The number of halogens is 1. The van der Waals surface area contributed by atoms with Crippen molar-refractivity contribution in [1.82, 2.24) is 9.80 Å². The van der Waals surface area contributed by atoms with E-state index in [1.165, 1.54) is 4.90 Å². The number of methoxy groups -OCH3 is 1. The van der Waals surface area contributed by atoms with Crippen LogP contribution in [0, 0.1) is 0 Å². The molecule has 1 fully saturated rings. The molecule has 2 amide bonds. The second-order valence-corrected chi connectivity index (χ2v) is 7.55. The second-order valence-electron chi connectivity index (χ2n) is 6.75. The van der Waals surface area contributed by atoms with Crippen LogP contribution in [0.4, 0.5) is 5.69 Å². The summed E-state index contributed by atoms with van der Waals surface area (Å²) in [6, 6.07) is 14.0. The highest BCUT2D eigenvalue weighted by atomic mass is 35.5. The van der Waals surface area contributed by atoms with Gasteiger partial charge in [0.1, 0.15) is 11.8 Å². The number of amides is 2. The molecule has 0 bridgehead atoms. The Balaban J connectivity index is 1.67. The van der Waals surface area contributed by atoms with E-state index in [9.17, 15) is 9.59 Å². The molecule has 1 saturated heterocycles. The van der Waals surface area contributed by atoms with Crippen molar-refractivity contribution < 1.29 is 14.3 Å². The van der Waals surface area contributed by atoms with Crippen LogP contribution in [0.3, 0.4) is 0 Å². The fourth-order valence-electron chi connectivity index (χ4n) is 3.22. The Hall–Kier alpha value is -2.64. The highest BCUT2D eigenvalue weighted by molar-refractivity contribution is 7.80. The fourth-order valence-corrected chi connectivity index (χ4v) is 3.66. The molecule has 3 rings (SSSR count). The lowest BCUT2D eigenvalue weighted by Gasteiger charge is -2.23. The minimum Gasteiger partial charge on any atom is -0.497 e. The molecular weight excluding hydrogens is 410 g/mol. The molecule has 29 heavy (non-hydrogen) atoms. The van der Waals surface area contributed by atoms with Crippen LogP contribution in [0.1, 0.15) is 12.0 Å².